The minimum atomic E-state index is -0.266. The Morgan fingerprint density at radius 2 is 1.70 bits per heavy atom. The predicted octanol–water partition coefficient (Wildman–Crippen LogP) is 2.04. The van der Waals surface area contributed by atoms with Gasteiger partial charge in [0.15, 0.2) is 0 Å². The SMILES string of the molecule is O=C(C1CC(c2ccccc2O)NN1)N1CCCN(c2ccccc2)CC1. The standard InChI is InChI=1S/C21H26N4O2/c26-20-10-5-4-9-17(20)18-15-19(23-22-18)21(27)25-12-6-11-24(13-14-25)16-7-2-1-3-8-16/h1-5,7-10,18-19,22-23,26H,6,11-15H2. The van der Waals surface area contributed by atoms with Crippen molar-refractivity contribution in [2.45, 2.75) is 24.9 Å². The Balaban J connectivity index is 1.37. The Kier molecular flexibility index (Phi) is 5.27. The lowest BCUT2D eigenvalue weighted by molar-refractivity contribution is -0.133. The molecule has 2 atom stereocenters. The van der Waals surface area contributed by atoms with Gasteiger partial charge < -0.3 is 14.9 Å². The molecule has 2 aromatic rings. The summed E-state index contributed by atoms with van der Waals surface area (Å²) in [6.45, 7) is 3.32. The number of para-hydroxylation sites is 2. The molecule has 2 fully saturated rings. The number of carbonyl (C=O) groups excluding carboxylic acids is 1. The van der Waals surface area contributed by atoms with E-state index in [1.165, 1.54) is 5.69 Å². The first-order valence-electron chi connectivity index (χ1n) is 9.60. The van der Waals surface area contributed by atoms with Gasteiger partial charge in [-0.3, -0.25) is 4.79 Å². The molecule has 0 bridgehead atoms. The quantitative estimate of drug-likeness (QED) is 0.776. The van der Waals surface area contributed by atoms with Gasteiger partial charge in [0.1, 0.15) is 11.8 Å². The van der Waals surface area contributed by atoms with Crippen LogP contribution in [0.15, 0.2) is 54.6 Å². The van der Waals surface area contributed by atoms with Crippen LogP contribution in [0.3, 0.4) is 0 Å². The van der Waals surface area contributed by atoms with Crippen molar-refractivity contribution in [1.29, 1.82) is 0 Å². The van der Waals surface area contributed by atoms with Crippen LogP contribution in [0.5, 0.6) is 5.75 Å². The van der Waals surface area contributed by atoms with Gasteiger partial charge in [0.05, 0.1) is 6.04 Å². The second-order valence-corrected chi connectivity index (χ2v) is 7.19. The van der Waals surface area contributed by atoms with E-state index in [1.54, 1.807) is 12.1 Å². The molecule has 4 rings (SSSR count). The van der Waals surface area contributed by atoms with Crippen LogP contribution in [0, 0.1) is 0 Å². The third-order valence-corrected chi connectivity index (χ3v) is 5.44. The molecule has 142 valence electrons. The fourth-order valence-electron chi connectivity index (χ4n) is 3.96. The van der Waals surface area contributed by atoms with Crippen LogP contribution in [0.25, 0.3) is 0 Å². The van der Waals surface area contributed by atoms with Crippen molar-refractivity contribution in [2.24, 2.45) is 0 Å². The maximum atomic E-state index is 13.0. The second-order valence-electron chi connectivity index (χ2n) is 7.19. The fourth-order valence-corrected chi connectivity index (χ4v) is 3.96. The molecule has 2 heterocycles. The molecule has 0 aliphatic carbocycles. The number of hydrogen-bond donors (Lipinski definition) is 3. The Labute approximate surface area is 159 Å². The van der Waals surface area contributed by atoms with Crippen LogP contribution in [-0.4, -0.2) is 48.1 Å². The van der Waals surface area contributed by atoms with Crippen LogP contribution in [-0.2, 0) is 4.79 Å². The molecule has 6 heteroatoms. The van der Waals surface area contributed by atoms with E-state index in [-0.39, 0.29) is 23.7 Å². The van der Waals surface area contributed by atoms with Crippen molar-refractivity contribution < 1.29 is 9.90 Å². The summed E-state index contributed by atoms with van der Waals surface area (Å²) in [5.41, 5.74) is 8.33. The summed E-state index contributed by atoms with van der Waals surface area (Å²) in [5, 5.41) is 10.1. The number of phenolic OH excluding ortho intramolecular Hbond substituents is 1. The number of anilines is 1. The molecule has 3 N–H and O–H groups in total. The topological polar surface area (TPSA) is 67.8 Å². The zero-order valence-electron chi connectivity index (χ0n) is 15.3. The van der Waals surface area contributed by atoms with Crippen LogP contribution in [0.4, 0.5) is 5.69 Å². The lowest BCUT2D eigenvalue weighted by Crippen LogP contribution is -2.46. The third-order valence-electron chi connectivity index (χ3n) is 5.44. The van der Waals surface area contributed by atoms with E-state index in [4.69, 9.17) is 0 Å². The number of carbonyl (C=O) groups is 1. The van der Waals surface area contributed by atoms with Crippen molar-refractivity contribution >= 4 is 11.6 Å². The van der Waals surface area contributed by atoms with E-state index in [0.717, 1.165) is 38.2 Å². The zero-order chi connectivity index (χ0) is 18.6. The van der Waals surface area contributed by atoms with Crippen LogP contribution >= 0.6 is 0 Å². The minimum absolute atomic E-state index is 0.0621. The summed E-state index contributed by atoms with van der Waals surface area (Å²) in [4.78, 5) is 17.3. The monoisotopic (exact) mass is 366 g/mol. The average Bonchev–Trinajstić information content (AvgIpc) is 3.06. The summed E-state index contributed by atoms with van der Waals surface area (Å²) >= 11 is 0. The number of hydrogen-bond acceptors (Lipinski definition) is 5. The molecule has 1 amide bonds. The summed E-state index contributed by atoms with van der Waals surface area (Å²) in [5.74, 6) is 0.397. The number of hydrazine groups is 1. The molecule has 2 aliphatic heterocycles. The van der Waals surface area contributed by atoms with E-state index in [0.29, 0.717) is 6.42 Å². The molecule has 0 spiro atoms. The minimum Gasteiger partial charge on any atom is -0.508 e. The van der Waals surface area contributed by atoms with Gasteiger partial charge in [-0.15, -0.1) is 0 Å². The van der Waals surface area contributed by atoms with Gasteiger partial charge in [0.25, 0.3) is 0 Å². The molecule has 2 aliphatic rings. The van der Waals surface area contributed by atoms with Gasteiger partial charge in [-0.05, 0) is 31.0 Å². The third kappa shape index (κ3) is 3.91. The highest BCUT2D eigenvalue weighted by Crippen LogP contribution is 2.29. The lowest BCUT2D eigenvalue weighted by atomic mass is 10.0. The summed E-state index contributed by atoms with van der Waals surface area (Å²) in [6, 6.07) is 17.3. The second kappa shape index (κ2) is 7.98. The number of nitrogens with zero attached hydrogens (tertiary/aromatic N) is 2. The first-order valence-corrected chi connectivity index (χ1v) is 9.60. The van der Waals surface area contributed by atoms with Crippen LogP contribution in [0.1, 0.15) is 24.4 Å². The largest absolute Gasteiger partial charge is 0.508 e. The van der Waals surface area contributed by atoms with Crippen molar-refractivity contribution in [1.82, 2.24) is 15.8 Å². The summed E-state index contributed by atoms with van der Waals surface area (Å²) in [7, 11) is 0. The Hall–Kier alpha value is -2.57. The van der Waals surface area contributed by atoms with Gasteiger partial charge in [-0.2, -0.15) is 0 Å². The normalized spacial score (nSPS) is 23.3. The average molecular weight is 366 g/mol. The van der Waals surface area contributed by atoms with Crippen molar-refractivity contribution in [3.05, 3.63) is 60.2 Å². The summed E-state index contributed by atoms with van der Waals surface area (Å²) in [6.07, 6.45) is 1.60. The smallest absolute Gasteiger partial charge is 0.241 e. The van der Waals surface area contributed by atoms with Crippen molar-refractivity contribution in [3.63, 3.8) is 0 Å². The highest BCUT2D eigenvalue weighted by Gasteiger charge is 2.34. The maximum Gasteiger partial charge on any atom is 0.241 e. The highest BCUT2D eigenvalue weighted by molar-refractivity contribution is 5.82. The number of rotatable bonds is 3. The number of amides is 1. The van der Waals surface area contributed by atoms with Crippen molar-refractivity contribution in [3.8, 4) is 5.75 Å². The maximum absolute atomic E-state index is 13.0. The Morgan fingerprint density at radius 3 is 2.52 bits per heavy atom. The van der Waals surface area contributed by atoms with Gasteiger partial charge in [0.2, 0.25) is 5.91 Å². The lowest BCUT2D eigenvalue weighted by Gasteiger charge is -2.25. The van der Waals surface area contributed by atoms with E-state index in [9.17, 15) is 9.90 Å². The van der Waals surface area contributed by atoms with Gasteiger partial charge in [-0.1, -0.05) is 36.4 Å². The van der Waals surface area contributed by atoms with Gasteiger partial charge in [-0.25, -0.2) is 10.9 Å². The van der Waals surface area contributed by atoms with Crippen molar-refractivity contribution in [2.75, 3.05) is 31.1 Å². The number of benzene rings is 2. The molecule has 0 aromatic heterocycles. The Morgan fingerprint density at radius 1 is 0.926 bits per heavy atom. The molecule has 6 nitrogen and oxygen atoms in total. The zero-order valence-corrected chi connectivity index (χ0v) is 15.3. The van der Waals surface area contributed by atoms with Gasteiger partial charge >= 0.3 is 0 Å². The fraction of sp³-hybridized carbons (Fsp3) is 0.381. The van der Waals surface area contributed by atoms with E-state index >= 15 is 0 Å². The first kappa shape index (κ1) is 17.8. The van der Waals surface area contributed by atoms with Crippen LogP contribution < -0.4 is 15.8 Å². The van der Waals surface area contributed by atoms with E-state index < -0.39 is 0 Å². The molecule has 2 saturated heterocycles. The van der Waals surface area contributed by atoms with Gasteiger partial charge in [0, 0.05) is 37.4 Å². The summed E-state index contributed by atoms with van der Waals surface area (Å²) < 4.78 is 0. The molecule has 2 unspecified atom stereocenters. The van der Waals surface area contributed by atoms with Crippen LogP contribution in [0.2, 0.25) is 0 Å². The molecule has 27 heavy (non-hydrogen) atoms. The highest BCUT2D eigenvalue weighted by atomic mass is 16.3. The molecular formula is C21H26N4O2. The molecular weight excluding hydrogens is 340 g/mol. The number of aromatic hydroxyl groups is 1. The molecule has 2 aromatic carbocycles. The number of nitrogens with one attached hydrogen (secondary N) is 2. The predicted molar refractivity (Wildman–Crippen MR) is 105 cm³/mol. The Bertz CT molecular complexity index is 783. The molecule has 0 radical (unpaired) electrons. The van der Waals surface area contributed by atoms with E-state index in [2.05, 4.69) is 40.0 Å². The first-order chi connectivity index (χ1) is 13.2. The van der Waals surface area contributed by atoms with E-state index in [1.807, 2.05) is 23.1 Å². The number of phenols is 1. The molecule has 0 saturated carbocycles.